The zero-order chi connectivity index (χ0) is 14.8. The van der Waals surface area contributed by atoms with Gasteiger partial charge in [0.25, 0.3) is 0 Å². The molecule has 3 aromatic rings. The van der Waals surface area contributed by atoms with E-state index in [-0.39, 0.29) is 5.82 Å². The maximum atomic E-state index is 13.1. The van der Waals surface area contributed by atoms with E-state index < -0.39 is 0 Å². The molecule has 0 aromatic carbocycles. The van der Waals surface area contributed by atoms with Crippen LogP contribution in [0.25, 0.3) is 11.0 Å². The fourth-order valence-electron chi connectivity index (χ4n) is 2.03. The molecule has 106 valence electrons. The third kappa shape index (κ3) is 3.30. The van der Waals surface area contributed by atoms with E-state index >= 15 is 0 Å². The van der Waals surface area contributed by atoms with Crippen molar-refractivity contribution >= 4 is 22.4 Å². The van der Waals surface area contributed by atoms with E-state index in [1.165, 1.54) is 17.1 Å². The van der Waals surface area contributed by atoms with Gasteiger partial charge in [-0.15, -0.1) is 11.3 Å². The number of thiophene rings is 1. The number of rotatable bonds is 2. The average Bonchev–Trinajstić information content (AvgIpc) is 3.01. The fourth-order valence-corrected chi connectivity index (χ4v) is 3.01. The smallest absolute Gasteiger partial charge is 0.142 e. The Morgan fingerprint density at radius 2 is 2.14 bits per heavy atom. The lowest BCUT2D eigenvalue weighted by Crippen LogP contribution is -2.09. The molecule has 0 fully saturated rings. The van der Waals surface area contributed by atoms with Gasteiger partial charge >= 0.3 is 0 Å². The highest BCUT2D eigenvalue weighted by atomic mass is 32.1. The van der Waals surface area contributed by atoms with E-state index in [2.05, 4.69) is 32.8 Å². The molecule has 0 aliphatic carbocycles. The maximum absolute atomic E-state index is 13.1. The Morgan fingerprint density at radius 1 is 1.29 bits per heavy atom. The number of hydrogen-bond donors (Lipinski definition) is 1. The molecule has 3 aromatic heterocycles. The van der Waals surface area contributed by atoms with Crippen molar-refractivity contribution in [3.05, 3.63) is 51.7 Å². The van der Waals surface area contributed by atoms with Crippen LogP contribution < -0.4 is 0 Å². The molecule has 1 N–H and O–H groups in total. The lowest BCUT2D eigenvalue weighted by molar-refractivity contribution is 0.406. The summed E-state index contributed by atoms with van der Waals surface area (Å²) in [4.78, 5) is 11.5. The summed E-state index contributed by atoms with van der Waals surface area (Å²) in [5.41, 5.74) is 1.39. The van der Waals surface area contributed by atoms with Crippen molar-refractivity contribution in [1.29, 1.82) is 0 Å². The zero-order valence-corrected chi connectivity index (χ0v) is 12.6. The van der Waals surface area contributed by atoms with Crippen molar-refractivity contribution in [1.82, 2.24) is 14.9 Å². The molecule has 0 atom stereocenters. The monoisotopic (exact) mass is 299 g/mol. The van der Waals surface area contributed by atoms with Crippen molar-refractivity contribution < 1.29 is 4.39 Å². The van der Waals surface area contributed by atoms with Gasteiger partial charge in [-0.2, -0.15) is 0 Å². The van der Waals surface area contributed by atoms with Gasteiger partial charge < -0.3 is 9.88 Å². The zero-order valence-electron chi connectivity index (χ0n) is 11.8. The molecule has 3 heterocycles. The molecule has 3 nitrogen and oxygen atoms in total. The Labute approximate surface area is 126 Å². The van der Waals surface area contributed by atoms with Crippen LogP contribution in [0, 0.1) is 17.7 Å². The van der Waals surface area contributed by atoms with Crippen molar-refractivity contribution in [2.75, 3.05) is 14.1 Å². The van der Waals surface area contributed by atoms with E-state index in [0.717, 1.165) is 22.5 Å². The average molecular weight is 299 g/mol. The second kappa shape index (κ2) is 5.68. The number of H-pyrrole nitrogens is 1. The fraction of sp³-hybridized carbons (Fsp3) is 0.188. The number of pyridine rings is 1. The Kier molecular flexibility index (Phi) is 3.74. The van der Waals surface area contributed by atoms with Crippen molar-refractivity contribution in [3.63, 3.8) is 0 Å². The Balaban J connectivity index is 1.83. The first-order chi connectivity index (χ1) is 10.1. The van der Waals surface area contributed by atoms with Gasteiger partial charge in [-0.05, 0) is 50.2 Å². The van der Waals surface area contributed by atoms with Crippen molar-refractivity contribution in [2.45, 2.75) is 6.54 Å². The molecule has 3 rings (SSSR count). The molecule has 0 bridgehead atoms. The molecule has 0 saturated heterocycles. The number of fused-ring (bicyclic) bond motifs is 1. The molecular weight excluding hydrogens is 285 g/mol. The molecule has 21 heavy (non-hydrogen) atoms. The van der Waals surface area contributed by atoms with Gasteiger partial charge in [0.1, 0.15) is 11.5 Å². The van der Waals surface area contributed by atoms with E-state index in [9.17, 15) is 4.39 Å². The number of aromatic nitrogens is 2. The van der Waals surface area contributed by atoms with Crippen LogP contribution in [-0.4, -0.2) is 29.0 Å². The number of nitrogens with zero attached hydrogens (tertiary/aromatic N) is 2. The maximum Gasteiger partial charge on any atom is 0.142 e. The first kappa shape index (κ1) is 13.8. The molecular formula is C16H14FN3S. The Bertz CT molecular complexity index is 836. The molecule has 0 amide bonds. The minimum Gasteiger partial charge on any atom is -0.333 e. The largest absolute Gasteiger partial charge is 0.333 e. The highest BCUT2D eigenvalue weighted by molar-refractivity contribution is 7.12. The van der Waals surface area contributed by atoms with Crippen LogP contribution in [0.15, 0.2) is 30.5 Å². The van der Waals surface area contributed by atoms with E-state index in [4.69, 9.17) is 0 Å². The first-order valence-corrected chi connectivity index (χ1v) is 7.31. The van der Waals surface area contributed by atoms with Crippen LogP contribution in [0.4, 0.5) is 4.39 Å². The summed E-state index contributed by atoms with van der Waals surface area (Å²) in [5, 5.41) is 0.735. The molecule has 0 spiro atoms. The second-order valence-electron chi connectivity index (χ2n) is 5.03. The summed E-state index contributed by atoms with van der Waals surface area (Å²) in [7, 11) is 4.09. The van der Waals surface area contributed by atoms with Crippen molar-refractivity contribution in [2.24, 2.45) is 0 Å². The SMILES string of the molecule is CN(C)Cc1ccc(C#Cc2cc3cc(F)cnc3[nH]2)s1. The van der Waals surface area contributed by atoms with E-state index in [0.29, 0.717) is 5.65 Å². The number of nitrogens with one attached hydrogen (secondary N) is 1. The van der Waals surface area contributed by atoms with E-state index in [1.54, 1.807) is 11.3 Å². The van der Waals surface area contributed by atoms with Gasteiger partial charge in [0.15, 0.2) is 0 Å². The minimum absolute atomic E-state index is 0.340. The molecule has 0 unspecified atom stereocenters. The predicted molar refractivity (Wildman–Crippen MR) is 83.7 cm³/mol. The van der Waals surface area contributed by atoms with Crippen LogP contribution >= 0.6 is 11.3 Å². The van der Waals surface area contributed by atoms with Crippen LogP contribution in [-0.2, 0) is 6.54 Å². The lowest BCUT2D eigenvalue weighted by Gasteiger charge is -2.05. The summed E-state index contributed by atoms with van der Waals surface area (Å²) in [6.07, 6.45) is 1.20. The van der Waals surface area contributed by atoms with Gasteiger partial charge in [-0.3, -0.25) is 0 Å². The Hall–Kier alpha value is -2.16. The van der Waals surface area contributed by atoms with Gasteiger partial charge in [-0.25, -0.2) is 9.37 Å². The second-order valence-corrected chi connectivity index (χ2v) is 6.20. The highest BCUT2D eigenvalue weighted by Gasteiger charge is 2.02. The number of aromatic amines is 1. The third-order valence-electron chi connectivity index (χ3n) is 2.89. The molecule has 0 radical (unpaired) electrons. The van der Waals surface area contributed by atoms with Crippen LogP contribution in [0.3, 0.4) is 0 Å². The minimum atomic E-state index is -0.340. The van der Waals surface area contributed by atoms with Gasteiger partial charge in [-0.1, -0.05) is 0 Å². The summed E-state index contributed by atoms with van der Waals surface area (Å²) in [6.45, 7) is 0.919. The molecule has 5 heteroatoms. The van der Waals surface area contributed by atoms with Crippen molar-refractivity contribution in [3.8, 4) is 11.8 Å². The summed E-state index contributed by atoms with van der Waals surface area (Å²) in [6, 6.07) is 7.38. The molecule has 0 aliphatic heterocycles. The standard InChI is InChI=1S/C16H14FN3S/c1-20(2)10-15-6-5-14(21-15)4-3-13-8-11-7-12(17)9-18-16(11)19-13/h5-9H,10H2,1-2H3,(H,18,19). The van der Waals surface area contributed by atoms with Crippen LogP contribution in [0.1, 0.15) is 15.4 Å². The highest BCUT2D eigenvalue weighted by Crippen LogP contribution is 2.17. The summed E-state index contributed by atoms with van der Waals surface area (Å²) < 4.78 is 13.1. The summed E-state index contributed by atoms with van der Waals surface area (Å²) >= 11 is 1.68. The topological polar surface area (TPSA) is 31.9 Å². The van der Waals surface area contributed by atoms with E-state index in [1.807, 2.05) is 26.2 Å². The van der Waals surface area contributed by atoms with Gasteiger partial charge in [0, 0.05) is 16.8 Å². The van der Waals surface area contributed by atoms with Crippen LogP contribution in [0.2, 0.25) is 0 Å². The van der Waals surface area contributed by atoms with Gasteiger partial charge in [0.05, 0.1) is 16.8 Å². The Morgan fingerprint density at radius 3 is 2.95 bits per heavy atom. The van der Waals surface area contributed by atoms with Crippen LogP contribution in [0.5, 0.6) is 0 Å². The number of hydrogen-bond acceptors (Lipinski definition) is 3. The molecule has 0 aliphatic rings. The first-order valence-electron chi connectivity index (χ1n) is 6.50. The predicted octanol–water partition coefficient (Wildman–Crippen LogP) is 3.22. The molecule has 0 saturated carbocycles. The number of halogens is 1. The summed E-state index contributed by atoms with van der Waals surface area (Å²) in [5.74, 6) is 5.85. The van der Waals surface area contributed by atoms with Gasteiger partial charge in [0.2, 0.25) is 0 Å². The third-order valence-corrected chi connectivity index (χ3v) is 3.88. The lowest BCUT2D eigenvalue weighted by atomic mass is 10.3. The quantitative estimate of drug-likeness (QED) is 0.737. The normalized spacial score (nSPS) is 10.9.